The smallest absolute Gasteiger partial charge is 0.0402 e. The van der Waals surface area contributed by atoms with Gasteiger partial charge in [0.05, 0.1) is 0 Å². The normalized spacial score (nSPS) is 13.3. The molecule has 1 aromatic heterocycles. The van der Waals surface area contributed by atoms with Crippen molar-refractivity contribution in [1.29, 1.82) is 0 Å². The van der Waals surface area contributed by atoms with E-state index in [-0.39, 0.29) is 5.41 Å². The number of thiophene rings is 1. The van der Waals surface area contributed by atoms with Crippen LogP contribution in [0, 0.1) is 0 Å². The largest absolute Gasteiger partial charge is 0.135 e. The van der Waals surface area contributed by atoms with E-state index in [2.05, 4.69) is 208 Å². The van der Waals surface area contributed by atoms with Crippen LogP contribution in [0.2, 0.25) is 0 Å². The van der Waals surface area contributed by atoms with Crippen LogP contribution >= 0.6 is 11.3 Å². The third-order valence-electron chi connectivity index (χ3n) is 13.6. The molecule has 11 aromatic carbocycles. The molecule has 0 spiro atoms. The standard InChI is InChI=1S/C59H38S/c1-59(2)52-34-40(26-28-44(52)50-29-30-51-56-43-16-6-4-13-36(43)27-31-53(56)60-58(51)57(50)59)38-22-23-39-33-41(25-24-37(39)32-38)54-46-17-7-9-19-48(46)55(49-20-10-8-18-47(49)54)45-21-11-14-35-12-3-5-15-42(35)45/h3-34H,1-2H3. The van der Waals surface area contributed by atoms with Crippen LogP contribution in [0.5, 0.6) is 0 Å². The Balaban J connectivity index is 0.918. The minimum atomic E-state index is -0.128. The monoisotopic (exact) mass is 778 g/mol. The first-order valence-electron chi connectivity index (χ1n) is 21.0. The third-order valence-corrected chi connectivity index (χ3v) is 14.8. The van der Waals surface area contributed by atoms with Crippen molar-refractivity contribution in [3.8, 4) is 44.5 Å². The molecule has 0 aliphatic heterocycles. The molecule has 0 atom stereocenters. The van der Waals surface area contributed by atoms with Crippen LogP contribution in [0.25, 0.3) is 119 Å². The number of hydrogen-bond donors (Lipinski definition) is 0. The van der Waals surface area contributed by atoms with Crippen molar-refractivity contribution in [2.24, 2.45) is 0 Å². The van der Waals surface area contributed by atoms with Crippen molar-refractivity contribution in [2.45, 2.75) is 19.3 Å². The summed E-state index contributed by atoms with van der Waals surface area (Å²) in [6.07, 6.45) is 0. The van der Waals surface area contributed by atoms with Crippen molar-refractivity contribution in [3.63, 3.8) is 0 Å². The summed E-state index contributed by atoms with van der Waals surface area (Å²) in [5.41, 5.74) is 13.1. The van der Waals surface area contributed by atoms with Crippen molar-refractivity contribution in [1.82, 2.24) is 0 Å². The first-order valence-corrected chi connectivity index (χ1v) is 21.8. The fourth-order valence-electron chi connectivity index (χ4n) is 10.8. The molecule has 0 N–H and O–H groups in total. The summed E-state index contributed by atoms with van der Waals surface area (Å²) in [6, 6.07) is 72.8. The summed E-state index contributed by atoms with van der Waals surface area (Å²) in [4.78, 5) is 0. The van der Waals surface area contributed by atoms with Crippen LogP contribution in [0.1, 0.15) is 25.0 Å². The lowest BCUT2D eigenvalue weighted by atomic mass is 9.81. The van der Waals surface area contributed by atoms with Crippen LogP contribution in [0.3, 0.4) is 0 Å². The molecular weight excluding hydrogens is 741 g/mol. The van der Waals surface area contributed by atoms with E-state index in [0.29, 0.717) is 0 Å². The Morgan fingerprint density at radius 2 is 0.883 bits per heavy atom. The van der Waals surface area contributed by atoms with Crippen molar-refractivity contribution >= 4 is 85.4 Å². The van der Waals surface area contributed by atoms with Crippen molar-refractivity contribution in [2.75, 3.05) is 0 Å². The summed E-state index contributed by atoms with van der Waals surface area (Å²) in [7, 11) is 0. The molecule has 12 aromatic rings. The van der Waals surface area contributed by atoms with Crippen LogP contribution in [-0.2, 0) is 5.41 Å². The zero-order chi connectivity index (χ0) is 39.7. The minimum Gasteiger partial charge on any atom is -0.135 e. The lowest BCUT2D eigenvalue weighted by Gasteiger charge is -2.23. The van der Waals surface area contributed by atoms with Gasteiger partial charge in [-0.15, -0.1) is 11.3 Å². The molecule has 13 rings (SSSR count). The lowest BCUT2D eigenvalue weighted by molar-refractivity contribution is 0.667. The van der Waals surface area contributed by atoms with E-state index in [1.165, 1.54) is 130 Å². The fourth-order valence-corrected chi connectivity index (χ4v) is 12.2. The SMILES string of the molecule is CC1(C)c2cc(-c3ccc4cc(-c5c6ccccc6c(-c6cccc7ccccc67)c6ccccc56)ccc4c3)ccc2-c2ccc3c(sc4ccc5ccccc5c43)c21. The number of rotatable bonds is 3. The average molecular weight is 779 g/mol. The molecule has 1 heterocycles. The van der Waals surface area contributed by atoms with E-state index in [0.717, 1.165) is 0 Å². The number of fused-ring (bicyclic) bond motifs is 13. The molecule has 0 nitrogen and oxygen atoms in total. The zero-order valence-electron chi connectivity index (χ0n) is 33.4. The minimum absolute atomic E-state index is 0.128. The van der Waals surface area contributed by atoms with Gasteiger partial charge < -0.3 is 0 Å². The van der Waals surface area contributed by atoms with E-state index < -0.39 is 0 Å². The van der Waals surface area contributed by atoms with Crippen molar-refractivity contribution in [3.05, 3.63) is 205 Å². The topological polar surface area (TPSA) is 0 Å². The Labute approximate surface area is 352 Å². The zero-order valence-corrected chi connectivity index (χ0v) is 34.2. The lowest BCUT2D eigenvalue weighted by Crippen LogP contribution is -2.15. The van der Waals surface area contributed by atoms with Gasteiger partial charge in [-0.25, -0.2) is 0 Å². The van der Waals surface area contributed by atoms with Crippen LogP contribution in [0.4, 0.5) is 0 Å². The summed E-state index contributed by atoms with van der Waals surface area (Å²) in [5, 5.41) is 15.6. The van der Waals surface area contributed by atoms with E-state index in [4.69, 9.17) is 0 Å². The van der Waals surface area contributed by atoms with Crippen LogP contribution in [-0.4, -0.2) is 0 Å². The number of benzene rings is 11. The Kier molecular flexibility index (Phi) is 7.04. The highest BCUT2D eigenvalue weighted by Crippen LogP contribution is 2.55. The maximum atomic E-state index is 2.47. The summed E-state index contributed by atoms with van der Waals surface area (Å²) in [5.74, 6) is 0. The van der Waals surface area contributed by atoms with Gasteiger partial charge in [-0.2, -0.15) is 0 Å². The second-order valence-corrected chi connectivity index (χ2v) is 18.2. The third kappa shape index (κ3) is 4.73. The van der Waals surface area contributed by atoms with E-state index in [9.17, 15) is 0 Å². The summed E-state index contributed by atoms with van der Waals surface area (Å²) < 4.78 is 2.79. The van der Waals surface area contributed by atoms with Gasteiger partial charge in [0.1, 0.15) is 0 Å². The van der Waals surface area contributed by atoms with Crippen LogP contribution < -0.4 is 0 Å². The molecule has 0 fully saturated rings. The first-order chi connectivity index (χ1) is 29.5. The van der Waals surface area contributed by atoms with E-state index >= 15 is 0 Å². The maximum absolute atomic E-state index is 2.47. The molecule has 0 saturated carbocycles. The van der Waals surface area contributed by atoms with Gasteiger partial charge in [-0.3, -0.25) is 0 Å². The highest BCUT2D eigenvalue weighted by atomic mass is 32.1. The van der Waals surface area contributed by atoms with Gasteiger partial charge in [-0.1, -0.05) is 184 Å². The highest BCUT2D eigenvalue weighted by Gasteiger charge is 2.38. The predicted octanol–water partition coefficient (Wildman–Crippen LogP) is 17.1. The molecule has 0 bridgehead atoms. The van der Waals surface area contributed by atoms with E-state index in [1.54, 1.807) is 0 Å². The van der Waals surface area contributed by atoms with Gasteiger partial charge in [-0.05, 0) is 134 Å². The number of hydrogen-bond acceptors (Lipinski definition) is 1. The summed E-state index contributed by atoms with van der Waals surface area (Å²) >= 11 is 1.96. The Bertz CT molecular complexity index is 3740. The molecule has 0 amide bonds. The first kappa shape index (κ1) is 33.9. The fraction of sp³-hybridized carbons (Fsp3) is 0.0508. The summed E-state index contributed by atoms with van der Waals surface area (Å²) in [6.45, 7) is 4.85. The molecule has 0 radical (unpaired) electrons. The molecule has 280 valence electrons. The van der Waals surface area contributed by atoms with Gasteiger partial charge in [0.2, 0.25) is 0 Å². The average Bonchev–Trinajstić information content (AvgIpc) is 3.79. The second kappa shape index (κ2) is 12.5. The molecule has 1 aliphatic carbocycles. The Morgan fingerprint density at radius 3 is 1.62 bits per heavy atom. The quantitative estimate of drug-likeness (QED) is 0.157. The Hall–Kier alpha value is -7.06. The van der Waals surface area contributed by atoms with Gasteiger partial charge in [0.25, 0.3) is 0 Å². The van der Waals surface area contributed by atoms with Gasteiger partial charge in [0.15, 0.2) is 0 Å². The molecule has 0 unspecified atom stereocenters. The molecule has 0 saturated heterocycles. The van der Waals surface area contributed by atoms with E-state index in [1.807, 2.05) is 11.3 Å². The highest BCUT2D eigenvalue weighted by molar-refractivity contribution is 7.26. The maximum Gasteiger partial charge on any atom is 0.0402 e. The van der Waals surface area contributed by atoms with Gasteiger partial charge >= 0.3 is 0 Å². The molecule has 1 heteroatoms. The Morgan fingerprint density at radius 1 is 0.350 bits per heavy atom. The molecular formula is C59H38S. The molecule has 1 aliphatic rings. The predicted molar refractivity (Wildman–Crippen MR) is 261 cm³/mol. The molecule has 60 heavy (non-hydrogen) atoms. The van der Waals surface area contributed by atoms with Crippen molar-refractivity contribution < 1.29 is 0 Å². The van der Waals surface area contributed by atoms with Crippen LogP contribution in [0.15, 0.2) is 194 Å². The second-order valence-electron chi connectivity index (χ2n) is 17.2. The van der Waals surface area contributed by atoms with Gasteiger partial charge in [0, 0.05) is 25.6 Å².